The van der Waals surface area contributed by atoms with Gasteiger partial charge in [-0.15, -0.1) is 0 Å². The number of carbonyl (C=O) groups is 1. The van der Waals surface area contributed by atoms with E-state index in [1.165, 1.54) is 0 Å². The van der Waals surface area contributed by atoms with Crippen LogP contribution in [-0.2, 0) is 0 Å². The summed E-state index contributed by atoms with van der Waals surface area (Å²) in [4.78, 5) is 22.8. The van der Waals surface area contributed by atoms with E-state index in [-0.39, 0.29) is 23.7 Å². The Hall–Kier alpha value is -2.49. The number of hydrogen-bond donors (Lipinski definition) is 0. The molecule has 2 aromatic rings. The van der Waals surface area contributed by atoms with E-state index in [1.807, 2.05) is 55.5 Å². The molecule has 0 fully saturated rings. The lowest BCUT2D eigenvalue weighted by molar-refractivity contribution is -0.483. The summed E-state index contributed by atoms with van der Waals surface area (Å²) >= 11 is 0. The van der Waals surface area contributed by atoms with Gasteiger partial charge in [0.15, 0.2) is 5.78 Å². The normalized spacial score (nSPS) is 11.9. The number of carbonyl (C=O) groups excluding carboxylic acids is 1. The Balaban J connectivity index is 2.19. The predicted octanol–water partition coefficient (Wildman–Crippen LogP) is 3.63. The number of hydrogen-bond acceptors (Lipinski definition) is 3. The Morgan fingerprint density at radius 2 is 1.86 bits per heavy atom. The van der Waals surface area contributed by atoms with Crippen LogP contribution in [0.5, 0.6) is 0 Å². The van der Waals surface area contributed by atoms with E-state index >= 15 is 0 Å². The quantitative estimate of drug-likeness (QED) is 0.462. The molecule has 0 aliphatic rings. The molecular weight excluding hydrogens is 266 g/mol. The highest BCUT2D eigenvalue weighted by Gasteiger charge is 2.22. The summed E-state index contributed by atoms with van der Waals surface area (Å²) in [7, 11) is 0. The third kappa shape index (κ3) is 4.24. The van der Waals surface area contributed by atoms with Gasteiger partial charge in [0.2, 0.25) is 6.54 Å². The second kappa shape index (κ2) is 6.79. The highest BCUT2D eigenvalue weighted by molar-refractivity contribution is 5.96. The van der Waals surface area contributed by atoms with Gasteiger partial charge in [-0.2, -0.15) is 0 Å². The molecule has 1 atom stereocenters. The molecule has 0 bridgehead atoms. The van der Waals surface area contributed by atoms with Gasteiger partial charge >= 0.3 is 0 Å². The van der Waals surface area contributed by atoms with Crippen molar-refractivity contribution in [2.75, 3.05) is 6.54 Å². The van der Waals surface area contributed by atoms with Crippen molar-refractivity contribution in [3.05, 3.63) is 81.4 Å². The maximum Gasteiger partial charge on any atom is 0.211 e. The fourth-order valence-electron chi connectivity index (χ4n) is 2.35. The summed E-state index contributed by atoms with van der Waals surface area (Å²) in [6.45, 7) is 1.68. The van der Waals surface area contributed by atoms with Gasteiger partial charge in [-0.1, -0.05) is 54.1 Å². The number of nitro groups is 1. The molecule has 0 radical (unpaired) electrons. The van der Waals surface area contributed by atoms with Crippen molar-refractivity contribution in [1.82, 2.24) is 0 Å². The molecule has 0 aliphatic carbocycles. The third-order valence-electron chi connectivity index (χ3n) is 3.41. The number of benzene rings is 2. The van der Waals surface area contributed by atoms with E-state index in [1.54, 1.807) is 6.07 Å². The summed E-state index contributed by atoms with van der Waals surface area (Å²) in [5, 5.41) is 10.8. The second-order valence-electron chi connectivity index (χ2n) is 5.12. The van der Waals surface area contributed by atoms with E-state index < -0.39 is 5.92 Å². The van der Waals surface area contributed by atoms with E-state index in [0.29, 0.717) is 5.56 Å². The molecule has 0 saturated carbocycles. The highest BCUT2D eigenvalue weighted by Crippen LogP contribution is 2.22. The van der Waals surface area contributed by atoms with Crippen LogP contribution in [0.25, 0.3) is 0 Å². The summed E-state index contributed by atoms with van der Waals surface area (Å²) in [5.74, 6) is -0.455. The minimum atomic E-state index is -0.394. The molecule has 0 amide bonds. The number of Topliss-reactive ketones (excluding diaryl/α,β-unsaturated/α-hetero) is 1. The predicted molar refractivity (Wildman–Crippen MR) is 81.2 cm³/mol. The van der Waals surface area contributed by atoms with E-state index in [0.717, 1.165) is 11.1 Å². The van der Waals surface area contributed by atoms with Crippen molar-refractivity contribution < 1.29 is 9.72 Å². The topological polar surface area (TPSA) is 60.2 Å². The number of nitrogens with zero attached hydrogens (tertiary/aromatic N) is 1. The number of ketones is 1. The van der Waals surface area contributed by atoms with Crippen molar-refractivity contribution in [1.29, 1.82) is 0 Å². The van der Waals surface area contributed by atoms with Gasteiger partial charge in [-0.25, -0.2) is 0 Å². The zero-order valence-electron chi connectivity index (χ0n) is 11.9. The Kier molecular flexibility index (Phi) is 4.82. The minimum Gasteiger partial charge on any atom is -0.294 e. The first-order valence-electron chi connectivity index (χ1n) is 6.83. The van der Waals surface area contributed by atoms with Gasteiger partial charge < -0.3 is 0 Å². The molecule has 0 N–H and O–H groups in total. The Morgan fingerprint density at radius 1 is 1.14 bits per heavy atom. The molecule has 0 spiro atoms. The zero-order chi connectivity index (χ0) is 15.2. The van der Waals surface area contributed by atoms with Crippen LogP contribution in [0.4, 0.5) is 0 Å². The molecule has 0 aliphatic heterocycles. The smallest absolute Gasteiger partial charge is 0.211 e. The van der Waals surface area contributed by atoms with Crippen LogP contribution in [0.1, 0.15) is 33.8 Å². The van der Waals surface area contributed by atoms with Gasteiger partial charge in [-0.3, -0.25) is 14.9 Å². The highest BCUT2D eigenvalue weighted by atomic mass is 16.6. The van der Waals surface area contributed by atoms with Gasteiger partial charge in [0.1, 0.15) is 0 Å². The van der Waals surface area contributed by atoms with Gasteiger partial charge in [0.25, 0.3) is 0 Å². The van der Waals surface area contributed by atoms with Crippen LogP contribution in [0.2, 0.25) is 0 Å². The fourth-order valence-corrected chi connectivity index (χ4v) is 2.35. The van der Waals surface area contributed by atoms with Crippen LogP contribution in [0.15, 0.2) is 54.6 Å². The molecule has 2 aromatic carbocycles. The van der Waals surface area contributed by atoms with E-state index in [4.69, 9.17) is 0 Å². The van der Waals surface area contributed by atoms with Crippen LogP contribution in [0.3, 0.4) is 0 Å². The number of rotatable bonds is 6. The largest absolute Gasteiger partial charge is 0.294 e. The summed E-state index contributed by atoms with van der Waals surface area (Å²) in [6.07, 6.45) is 0.147. The molecular formula is C17H17NO3. The minimum absolute atomic E-state index is 0.0607. The summed E-state index contributed by atoms with van der Waals surface area (Å²) in [6, 6.07) is 16.5. The van der Waals surface area contributed by atoms with Crippen molar-refractivity contribution in [2.45, 2.75) is 19.3 Å². The molecule has 4 nitrogen and oxygen atoms in total. The Labute approximate surface area is 123 Å². The van der Waals surface area contributed by atoms with Crippen molar-refractivity contribution in [3.63, 3.8) is 0 Å². The number of aryl methyl sites for hydroxylation is 1. The molecule has 108 valence electrons. The van der Waals surface area contributed by atoms with E-state index in [2.05, 4.69) is 0 Å². The lowest BCUT2D eigenvalue weighted by Gasteiger charge is -2.12. The lowest BCUT2D eigenvalue weighted by atomic mass is 9.91. The monoisotopic (exact) mass is 283 g/mol. The fraction of sp³-hybridized carbons (Fsp3) is 0.235. The Bertz CT molecular complexity index is 637. The van der Waals surface area contributed by atoms with Crippen molar-refractivity contribution in [3.8, 4) is 0 Å². The van der Waals surface area contributed by atoms with Crippen molar-refractivity contribution >= 4 is 5.78 Å². The molecule has 1 unspecified atom stereocenters. The molecule has 4 heteroatoms. The molecule has 0 heterocycles. The van der Waals surface area contributed by atoms with Crippen LogP contribution in [-0.4, -0.2) is 17.3 Å². The average Bonchev–Trinajstić information content (AvgIpc) is 2.47. The Morgan fingerprint density at radius 3 is 2.48 bits per heavy atom. The summed E-state index contributed by atoms with van der Waals surface area (Å²) in [5.41, 5.74) is 2.45. The average molecular weight is 283 g/mol. The van der Waals surface area contributed by atoms with Gasteiger partial charge in [0.05, 0.1) is 5.92 Å². The standard InChI is InChI=1S/C17H17NO3/c1-13-6-5-9-15(10-13)17(19)11-16(12-18(20)21)14-7-3-2-4-8-14/h2-10,16H,11-12H2,1H3. The third-order valence-corrected chi connectivity index (χ3v) is 3.41. The first-order chi connectivity index (χ1) is 10.1. The lowest BCUT2D eigenvalue weighted by Crippen LogP contribution is -2.16. The van der Waals surface area contributed by atoms with Crippen LogP contribution < -0.4 is 0 Å². The first kappa shape index (κ1) is 14.9. The van der Waals surface area contributed by atoms with Gasteiger partial charge in [-0.05, 0) is 18.6 Å². The molecule has 0 aromatic heterocycles. The molecule has 2 rings (SSSR count). The first-order valence-corrected chi connectivity index (χ1v) is 6.83. The van der Waals surface area contributed by atoms with E-state index in [9.17, 15) is 14.9 Å². The van der Waals surface area contributed by atoms with Crippen molar-refractivity contribution in [2.24, 2.45) is 0 Å². The summed E-state index contributed by atoms with van der Waals surface area (Å²) < 4.78 is 0. The maximum absolute atomic E-state index is 12.3. The zero-order valence-corrected chi connectivity index (χ0v) is 11.9. The van der Waals surface area contributed by atoms with Crippen LogP contribution >= 0.6 is 0 Å². The second-order valence-corrected chi connectivity index (χ2v) is 5.12. The molecule has 0 saturated heterocycles. The SMILES string of the molecule is Cc1cccc(C(=O)CC(C[N+](=O)[O-])c2ccccc2)c1. The molecule has 21 heavy (non-hydrogen) atoms. The van der Waals surface area contributed by atoms with Crippen LogP contribution in [0, 0.1) is 17.0 Å². The maximum atomic E-state index is 12.3. The van der Waals surface area contributed by atoms with Gasteiger partial charge in [0, 0.05) is 16.9 Å².